The Morgan fingerprint density at radius 1 is 0.826 bits per heavy atom. The summed E-state index contributed by atoms with van der Waals surface area (Å²) in [7, 11) is 4.92. The van der Waals surface area contributed by atoms with Crippen molar-refractivity contribution in [1.29, 1.82) is 0 Å². The van der Waals surface area contributed by atoms with Gasteiger partial charge in [-0.15, -0.1) is 5.10 Å². The van der Waals surface area contributed by atoms with Crippen LogP contribution in [0, 0.1) is 0 Å². The third-order valence-electron chi connectivity index (χ3n) is 8.12. The van der Waals surface area contributed by atoms with Gasteiger partial charge in [0, 0.05) is 19.6 Å². The number of amides is 1. The molecule has 10 heteroatoms. The number of hydrogen-bond donors (Lipinski definition) is 1. The van der Waals surface area contributed by atoms with Crippen molar-refractivity contribution in [2.75, 3.05) is 39.7 Å². The first kappa shape index (κ1) is 30.7. The summed E-state index contributed by atoms with van der Waals surface area (Å²) in [5.74, 6) is 2.30. The number of benzene rings is 4. The topological polar surface area (TPSA) is 100.0 Å². The van der Waals surface area contributed by atoms with Crippen molar-refractivity contribution >= 4 is 11.6 Å². The largest absolute Gasteiger partial charge is 0.495 e. The van der Waals surface area contributed by atoms with Gasteiger partial charge in [-0.2, -0.15) is 0 Å². The van der Waals surface area contributed by atoms with E-state index in [1.54, 1.807) is 56.3 Å². The van der Waals surface area contributed by atoms with Crippen LogP contribution in [-0.4, -0.2) is 60.2 Å². The van der Waals surface area contributed by atoms with Gasteiger partial charge in [0.2, 0.25) is 0 Å². The predicted molar refractivity (Wildman–Crippen MR) is 175 cm³/mol. The molecule has 1 aliphatic heterocycles. The first-order chi connectivity index (χ1) is 22.5. The Morgan fingerprint density at radius 3 is 2.28 bits per heavy atom. The van der Waals surface area contributed by atoms with Crippen molar-refractivity contribution in [1.82, 2.24) is 19.9 Å². The second kappa shape index (κ2) is 14.2. The first-order valence-electron chi connectivity index (χ1n) is 15.2. The quantitative estimate of drug-likeness (QED) is 0.189. The molecular weight excluding hydrogens is 582 g/mol. The summed E-state index contributed by atoms with van der Waals surface area (Å²) < 4.78 is 24.1. The number of methoxy groups -OCH3 is 3. The molecule has 0 saturated carbocycles. The molecular formula is C36H37N5O5. The van der Waals surface area contributed by atoms with E-state index in [0.29, 0.717) is 28.4 Å². The SMILES string of the molecule is COc1ccccc1NC(=O)c1ccccc1OCc1cn(-c2ccc(CCN3CCc4cc(OC)c(OC)cc4C3)cc2)nn1. The van der Waals surface area contributed by atoms with Crippen LogP contribution < -0.4 is 24.3 Å². The number of carbonyl (C=O) groups is 1. The van der Waals surface area contributed by atoms with Gasteiger partial charge in [0.1, 0.15) is 23.8 Å². The number of rotatable bonds is 12. The van der Waals surface area contributed by atoms with E-state index >= 15 is 0 Å². The lowest BCUT2D eigenvalue weighted by Crippen LogP contribution is -2.32. The Hall–Kier alpha value is -5.35. The third-order valence-corrected chi connectivity index (χ3v) is 8.12. The van der Waals surface area contributed by atoms with Gasteiger partial charge in [-0.3, -0.25) is 9.69 Å². The number of nitrogens with zero attached hydrogens (tertiary/aromatic N) is 4. The molecule has 0 saturated heterocycles. The van der Waals surface area contributed by atoms with Gasteiger partial charge >= 0.3 is 0 Å². The zero-order valence-corrected chi connectivity index (χ0v) is 26.2. The molecule has 46 heavy (non-hydrogen) atoms. The van der Waals surface area contributed by atoms with E-state index in [1.165, 1.54) is 16.7 Å². The summed E-state index contributed by atoms with van der Waals surface area (Å²) in [4.78, 5) is 15.6. The summed E-state index contributed by atoms with van der Waals surface area (Å²) in [6.07, 6.45) is 3.78. The summed E-state index contributed by atoms with van der Waals surface area (Å²) in [5, 5.41) is 11.5. The molecule has 1 N–H and O–H groups in total. The van der Waals surface area contributed by atoms with Gasteiger partial charge in [-0.1, -0.05) is 41.6 Å². The molecule has 1 amide bonds. The molecule has 236 valence electrons. The van der Waals surface area contributed by atoms with E-state index in [0.717, 1.165) is 49.7 Å². The van der Waals surface area contributed by atoms with Crippen molar-refractivity contribution in [3.63, 3.8) is 0 Å². The number of para-hydroxylation sites is 3. The van der Waals surface area contributed by atoms with Crippen LogP contribution >= 0.6 is 0 Å². The van der Waals surface area contributed by atoms with Crippen LogP contribution in [0.5, 0.6) is 23.0 Å². The molecule has 1 aromatic heterocycles. The van der Waals surface area contributed by atoms with Gasteiger partial charge < -0.3 is 24.3 Å². The molecule has 10 nitrogen and oxygen atoms in total. The number of anilines is 1. The van der Waals surface area contributed by atoms with E-state index in [1.807, 2.05) is 24.4 Å². The molecule has 4 aromatic carbocycles. The van der Waals surface area contributed by atoms with Crippen molar-refractivity contribution in [3.8, 4) is 28.7 Å². The maximum absolute atomic E-state index is 13.1. The second-order valence-corrected chi connectivity index (χ2v) is 11.0. The molecule has 2 heterocycles. The Balaban J connectivity index is 1.03. The van der Waals surface area contributed by atoms with Gasteiger partial charge in [-0.25, -0.2) is 4.68 Å². The normalized spacial score (nSPS) is 12.7. The molecule has 0 radical (unpaired) electrons. The average molecular weight is 620 g/mol. The lowest BCUT2D eigenvalue weighted by atomic mass is 9.98. The number of fused-ring (bicyclic) bond motifs is 1. The molecule has 0 unspecified atom stereocenters. The lowest BCUT2D eigenvalue weighted by molar-refractivity contribution is 0.102. The molecule has 0 aliphatic carbocycles. The highest BCUT2D eigenvalue weighted by atomic mass is 16.5. The van der Waals surface area contributed by atoms with Gasteiger partial charge in [0.15, 0.2) is 11.5 Å². The molecule has 0 fully saturated rings. The van der Waals surface area contributed by atoms with Crippen LogP contribution in [0.1, 0.15) is 32.7 Å². The van der Waals surface area contributed by atoms with Crippen molar-refractivity contribution in [2.24, 2.45) is 0 Å². The van der Waals surface area contributed by atoms with Crippen LogP contribution in [0.3, 0.4) is 0 Å². The van der Waals surface area contributed by atoms with E-state index in [2.05, 4.69) is 56.9 Å². The fourth-order valence-corrected chi connectivity index (χ4v) is 5.60. The van der Waals surface area contributed by atoms with Gasteiger partial charge in [-0.05, 0) is 78.1 Å². The lowest BCUT2D eigenvalue weighted by Gasteiger charge is -2.29. The zero-order chi connectivity index (χ0) is 31.9. The van der Waals surface area contributed by atoms with Crippen molar-refractivity contribution in [3.05, 3.63) is 119 Å². The van der Waals surface area contributed by atoms with Crippen LogP contribution in [0.2, 0.25) is 0 Å². The van der Waals surface area contributed by atoms with Crippen LogP contribution in [0.25, 0.3) is 5.69 Å². The summed E-state index contributed by atoms with van der Waals surface area (Å²) in [6, 6.07) is 26.9. The number of nitrogens with one attached hydrogen (secondary N) is 1. The highest BCUT2D eigenvalue weighted by Gasteiger charge is 2.20. The molecule has 1 aliphatic rings. The minimum Gasteiger partial charge on any atom is -0.495 e. The molecule has 0 atom stereocenters. The fourth-order valence-electron chi connectivity index (χ4n) is 5.60. The maximum atomic E-state index is 13.1. The summed E-state index contributed by atoms with van der Waals surface area (Å²) in [6.45, 7) is 3.04. The zero-order valence-electron chi connectivity index (χ0n) is 26.2. The predicted octanol–water partition coefficient (Wildman–Crippen LogP) is 5.73. The number of carbonyl (C=O) groups excluding carboxylic acids is 1. The standard InChI is InChI=1S/C36H37N5O5/c1-43-33-11-7-5-9-31(33)37-36(42)30-8-4-6-10-32(30)46-24-28-23-41(39-38-28)29-14-12-25(13-15-29)16-18-40-19-17-26-20-34(44-2)35(45-3)21-27(26)22-40/h4-15,20-21,23H,16-19,22,24H2,1-3H3,(H,37,42). The monoisotopic (exact) mass is 619 g/mol. The molecule has 5 aromatic rings. The smallest absolute Gasteiger partial charge is 0.259 e. The Kier molecular flexibility index (Phi) is 9.45. The molecule has 6 rings (SSSR count). The van der Waals surface area contributed by atoms with Crippen LogP contribution in [-0.2, 0) is 26.0 Å². The number of ether oxygens (including phenoxy) is 4. The number of aromatic nitrogens is 3. The van der Waals surface area contributed by atoms with Gasteiger partial charge in [0.25, 0.3) is 5.91 Å². The minimum absolute atomic E-state index is 0.161. The van der Waals surface area contributed by atoms with E-state index < -0.39 is 0 Å². The fraction of sp³-hybridized carbons (Fsp3) is 0.250. The first-order valence-corrected chi connectivity index (χ1v) is 15.2. The molecule has 0 bridgehead atoms. The second-order valence-electron chi connectivity index (χ2n) is 11.0. The molecule has 0 spiro atoms. The van der Waals surface area contributed by atoms with E-state index in [9.17, 15) is 4.79 Å². The van der Waals surface area contributed by atoms with Crippen molar-refractivity contribution in [2.45, 2.75) is 26.0 Å². The Bertz CT molecular complexity index is 1800. The Morgan fingerprint density at radius 2 is 1.52 bits per heavy atom. The van der Waals surface area contributed by atoms with E-state index in [-0.39, 0.29) is 12.5 Å². The van der Waals surface area contributed by atoms with Crippen LogP contribution in [0.15, 0.2) is 91.1 Å². The van der Waals surface area contributed by atoms with Crippen molar-refractivity contribution < 1.29 is 23.7 Å². The van der Waals surface area contributed by atoms with E-state index in [4.69, 9.17) is 18.9 Å². The Labute approximate surface area is 268 Å². The highest BCUT2D eigenvalue weighted by molar-refractivity contribution is 6.06. The maximum Gasteiger partial charge on any atom is 0.259 e. The van der Waals surface area contributed by atoms with Gasteiger partial charge in [0.05, 0.1) is 44.5 Å². The third kappa shape index (κ3) is 6.97. The average Bonchev–Trinajstić information content (AvgIpc) is 3.58. The summed E-state index contributed by atoms with van der Waals surface area (Å²) >= 11 is 0. The summed E-state index contributed by atoms with van der Waals surface area (Å²) in [5.41, 5.74) is 6.42. The number of hydrogen-bond acceptors (Lipinski definition) is 8. The highest BCUT2D eigenvalue weighted by Crippen LogP contribution is 2.33. The van der Waals surface area contributed by atoms with Crippen LogP contribution in [0.4, 0.5) is 5.69 Å². The minimum atomic E-state index is -0.296.